The van der Waals surface area contributed by atoms with Gasteiger partial charge in [0.25, 0.3) is 0 Å². The molecule has 4 aromatic rings. The van der Waals surface area contributed by atoms with Gasteiger partial charge in [0.1, 0.15) is 0 Å². The lowest BCUT2D eigenvalue weighted by molar-refractivity contribution is 0.565. The maximum atomic E-state index is 6.18. The van der Waals surface area contributed by atoms with E-state index in [2.05, 4.69) is 76.9 Å². The molecule has 0 radical (unpaired) electrons. The minimum atomic E-state index is -0.0821. The first-order valence-electron chi connectivity index (χ1n) is 11.0. The molecule has 1 saturated heterocycles. The van der Waals surface area contributed by atoms with Gasteiger partial charge >= 0.3 is 0 Å². The molecular weight excluding hydrogens is 448 g/mol. The molecule has 2 unspecified atom stereocenters. The lowest BCUT2D eigenvalue weighted by atomic mass is 9.96. The molecule has 2 aromatic carbocycles. The fraction of sp³-hybridized carbons (Fsp3) is 0.185. The van der Waals surface area contributed by atoms with Crippen LogP contribution in [0.25, 0.3) is 5.69 Å². The number of halogens is 1. The van der Waals surface area contributed by atoms with Crippen molar-refractivity contribution in [1.82, 2.24) is 14.9 Å². The normalized spacial score (nSPS) is 17.9. The van der Waals surface area contributed by atoms with E-state index >= 15 is 0 Å². The summed E-state index contributed by atoms with van der Waals surface area (Å²) in [6.45, 7) is 6.44. The van der Waals surface area contributed by atoms with Crippen LogP contribution in [0.1, 0.15) is 40.3 Å². The van der Waals surface area contributed by atoms with Crippen LogP contribution in [-0.4, -0.2) is 14.7 Å². The first-order valence-corrected chi connectivity index (χ1v) is 11.7. The summed E-state index contributed by atoms with van der Waals surface area (Å²) in [5.41, 5.74) is 7.94. The van der Waals surface area contributed by atoms with E-state index in [1.165, 1.54) is 22.5 Å². The Morgan fingerprint density at radius 2 is 1.61 bits per heavy atom. The van der Waals surface area contributed by atoms with Crippen molar-refractivity contribution in [2.45, 2.75) is 32.9 Å². The molecule has 4 nitrogen and oxygen atoms in total. The van der Waals surface area contributed by atoms with E-state index in [0.717, 1.165) is 17.1 Å². The van der Waals surface area contributed by atoms with Gasteiger partial charge in [0, 0.05) is 34.0 Å². The van der Waals surface area contributed by atoms with Gasteiger partial charge in [-0.05, 0) is 93.1 Å². The van der Waals surface area contributed by atoms with Gasteiger partial charge in [0.05, 0.1) is 17.8 Å². The van der Waals surface area contributed by atoms with Crippen LogP contribution in [0.2, 0.25) is 5.02 Å². The standard InChI is InChI=1S/C27H25ClN4S/c1-17-7-11-21(12-8-17)31-18(2)16-23(19(31)3)26-25(24-6-4-5-15-29-24)30-27(33)32(26)22-13-9-20(28)10-14-22/h4-16,25-26H,1-3H3,(H,30,33). The molecule has 1 aliphatic heterocycles. The largest absolute Gasteiger partial charge is 0.351 e. The molecule has 0 amide bonds. The van der Waals surface area contributed by atoms with Gasteiger partial charge in [-0.2, -0.15) is 0 Å². The average Bonchev–Trinajstić information content (AvgIpc) is 3.31. The molecule has 0 aliphatic carbocycles. The zero-order valence-electron chi connectivity index (χ0n) is 18.8. The summed E-state index contributed by atoms with van der Waals surface area (Å²) < 4.78 is 2.31. The Morgan fingerprint density at radius 3 is 2.27 bits per heavy atom. The number of benzene rings is 2. The number of aryl methyl sites for hydroxylation is 2. The van der Waals surface area contributed by atoms with Gasteiger partial charge in [-0.1, -0.05) is 35.4 Å². The van der Waals surface area contributed by atoms with Crippen molar-refractivity contribution >= 4 is 34.6 Å². The molecule has 2 aromatic heterocycles. The first kappa shape index (κ1) is 21.7. The van der Waals surface area contributed by atoms with Crippen LogP contribution < -0.4 is 10.2 Å². The molecule has 1 fully saturated rings. The monoisotopic (exact) mass is 472 g/mol. The predicted octanol–water partition coefficient (Wildman–Crippen LogP) is 6.63. The van der Waals surface area contributed by atoms with Crippen LogP contribution in [0.5, 0.6) is 0 Å². The van der Waals surface area contributed by atoms with Crippen molar-refractivity contribution in [3.63, 3.8) is 0 Å². The van der Waals surface area contributed by atoms with Gasteiger partial charge in [0.15, 0.2) is 5.11 Å². The van der Waals surface area contributed by atoms with Gasteiger partial charge in [-0.3, -0.25) is 4.98 Å². The third kappa shape index (κ3) is 3.92. The molecular formula is C27H25ClN4S. The third-order valence-electron chi connectivity index (χ3n) is 6.28. The van der Waals surface area contributed by atoms with Crippen molar-refractivity contribution in [2.75, 3.05) is 4.90 Å². The van der Waals surface area contributed by atoms with Crippen LogP contribution in [0.15, 0.2) is 79.0 Å². The number of aromatic nitrogens is 2. The molecule has 1 aliphatic rings. The summed E-state index contributed by atoms with van der Waals surface area (Å²) in [4.78, 5) is 6.85. The number of hydrogen-bond donors (Lipinski definition) is 1. The molecule has 0 saturated carbocycles. The summed E-state index contributed by atoms with van der Waals surface area (Å²) in [7, 11) is 0. The SMILES string of the molecule is Cc1ccc(-n2c(C)cc(C3C(c4ccccn4)NC(=S)N3c3ccc(Cl)cc3)c2C)cc1. The van der Waals surface area contributed by atoms with Gasteiger partial charge in [-0.15, -0.1) is 0 Å². The Hall–Kier alpha value is -3.15. The maximum absolute atomic E-state index is 6.18. The molecule has 1 N–H and O–H groups in total. The molecule has 0 spiro atoms. The van der Waals surface area contributed by atoms with E-state index in [9.17, 15) is 0 Å². The third-order valence-corrected chi connectivity index (χ3v) is 6.85. The van der Waals surface area contributed by atoms with Crippen LogP contribution in [0, 0.1) is 20.8 Å². The average molecular weight is 473 g/mol. The molecule has 0 bridgehead atoms. The zero-order chi connectivity index (χ0) is 23.1. The number of hydrogen-bond acceptors (Lipinski definition) is 2. The van der Waals surface area contributed by atoms with Gasteiger partial charge < -0.3 is 14.8 Å². The Bertz CT molecular complexity index is 1300. The van der Waals surface area contributed by atoms with Crippen molar-refractivity contribution in [3.05, 3.63) is 112 Å². The second kappa shape index (κ2) is 8.65. The fourth-order valence-corrected chi connectivity index (χ4v) is 5.20. The maximum Gasteiger partial charge on any atom is 0.174 e. The van der Waals surface area contributed by atoms with Crippen LogP contribution in [0.3, 0.4) is 0 Å². The number of nitrogens with zero attached hydrogens (tertiary/aromatic N) is 3. The predicted molar refractivity (Wildman–Crippen MR) is 139 cm³/mol. The van der Waals surface area contributed by atoms with E-state index in [1.807, 2.05) is 42.6 Å². The Balaban J connectivity index is 1.67. The Morgan fingerprint density at radius 1 is 0.909 bits per heavy atom. The quantitative estimate of drug-likeness (QED) is 0.338. The zero-order valence-corrected chi connectivity index (χ0v) is 20.4. The highest BCUT2D eigenvalue weighted by Crippen LogP contribution is 2.43. The summed E-state index contributed by atoms with van der Waals surface area (Å²) >= 11 is 12.0. The van der Waals surface area contributed by atoms with Crippen molar-refractivity contribution in [3.8, 4) is 5.69 Å². The van der Waals surface area contributed by atoms with Crippen LogP contribution >= 0.6 is 23.8 Å². The van der Waals surface area contributed by atoms with E-state index in [4.69, 9.17) is 23.8 Å². The molecule has 3 heterocycles. The lowest BCUT2D eigenvalue weighted by Gasteiger charge is -2.28. The van der Waals surface area contributed by atoms with Crippen LogP contribution in [-0.2, 0) is 0 Å². The first-order chi connectivity index (χ1) is 15.9. The highest BCUT2D eigenvalue weighted by atomic mass is 35.5. The van der Waals surface area contributed by atoms with E-state index in [1.54, 1.807) is 0 Å². The second-order valence-electron chi connectivity index (χ2n) is 8.47. The molecule has 5 rings (SSSR count). The summed E-state index contributed by atoms with van der Waals surface area (Å²) in [5, 5.41) is 4.92. The Labute approximate surface area is 204 Å². The van der Waals surface area contributed by atoms with Crippen LogP contribution in [0.4, 0.5) is 5.69 Å². The van der Waals surface area contributed by atoms with Gasteiger partial charge in [0.2, 0.25) is 0 Å². The number of nitrogens with one attached hydrogen (secondary N) is 1. The fourth-order valence-electron chi connectivity index (χ4n) is 4.73. The minimum Gasteiger partial charge on any atom is -0.351 e. The highest BCUT2D eigenvalue weighted by molar-refractivity contribution is 7.80. The number of pyridine rings is 1. The van der Waals surface area contributed by atoms with E-state index < -0.39 is 0 Å². The van der Waals surface area contributed by atoms with E-state index in [-0.39, 0.29) is 12.1 Å². The van der Waals surface area contributed by atoms with E-state index in [0.29, 0.717) is 10.1 Å². The second-order valence-corrected chi connectivity index (χ2v) is 9.29. The van der Waals surface area contributed by atoms with Crippen molar-refractivity contribution in [2.24, 2.45) is 0 Å². The summed E-state index contributed by atoms with van der Waals surface area (Å²) in [6.07, 6.45) is 1.83. The Kier molecular flexibility index (Phi) is 5.69. The summed E-state index contributed by atoms with van der Waals surface area (Å²) in [5.74, 6) is 0. The molecule has 166 valence electrons. The lowest BCUT2D eigenvalue weighted by Crippen LogP contribution is -2.29. The minimum absolute atomic E-state index is 0.0565. The molecule has 6 heteroatoms. The highest BCUT2D eigenvalue weighted by Gasteiger charge is 2.42. The summed E-state index contributed by atoms with van der Waals surface area (Å²) in [6, 6.07) is 24.6. The topological polar surface area (TPSA) is 33.1 Å². The number of thiocarbonyl (C=S) groups is 1. The van der Waals surface area contributed by atoms with Crippen molar-refractivity contribution in [1.29, 1.82) is 0 Å². The molecule has 33 heavy (non-hydrogen) atoms. The van der Waals surface area contributed by atoms with Crippen molar-refractivity contribution < 1.29 is 0 Å². The van der Waals surface area contributed by atoms with Gasteiger partial charge in [-0.25, -0.2) is 0 Å². The number of rotatable bonds is 4. The smallest absolute Gasteiger partial charge is 0.174 e. The molecule has 2 atom stereocenters. The number of anilines is 1.